The quantitative estimate of drug-likeness (QED) is 0.506. The van der Waals surface area contributed by atoms with Crippen LogP contribution in [-0.2, 0) is 17.9 Å². The lowest BCUT2D eigenvalue weighted by atomic mass is 10.2. The predicted octanol–water partition coefficient (Wildman–Crippen LogP) is 2.51. The summed E-state index contributed by atoms with van der Waals surface area (Å²) in [5.74, 6) is -0.477. The van der Waals surface area contributed by atoms with Crippen LogP contribution in [0.3, 0.4) is 0 Å². The average Bonchev–Trinajstić information content (AvgIpc) is 3.19. The van der Waals surface area contributed by atoms with Crippen LogP contribution in [0.15, 0.2) is 42.6 Å². The van der Waals surface area contributed by atoms with Crippen LogP contribution in [0.25, 0.3) is 0 Å². The SMILES string of the molecule is Cc1cc([N+](=O)[O-])nn1CCC(=O)Nc1ccn(Cc2cccc(F)c2)n1. The highest BCUT2D eigenvalue weighted by molar-refractivity contribution is 5.89. The summed E-state index contributed by atoms with van der Waals surface area (Å²) in [5, 5.41) is 21.4. The van der Waals surface area contributed by atoms with Gasteiger partial charge in [-0.1, -0.05) is 12.1 Å². The van der Waals surface area contributed by atoms with Crippen molar-refractivity contribution in [3.8, 4) is 0 Å². The van der Waals surface area contributed by atoms with Gasteiger partial charge in [-0.3, -0.25) is 9.48 Å². The normalized spacial score (nSPS) is 10.7. The van der Waals surface area contributed by atoms with Crippen molar-refractivity contribution in [3.05, 3.63) is 69.8 Å². The van der Waals surface area contributed by atoms with E-state index in [4.69, 9.17) is 0 Å². The number of benzene rings is 1. The number of nitrogens with one attached hydrogen (secondary N) is 1. The van der Waals surface area contributed by atoms with Gasteiger partial charge in [-0.25, -0.2) is 4.39 Å². The summed E-state index contributed by atoms with van der Waals surface area (Å²) in [6, 6.07) is 9.19. The van der Waals surface area contributed by atoms with Crippen LogP contribution < -0.4 is 5.32 Å². The molecule has 1 amide bonds. The second kappa shape index (κ2) is 7.77. The van der Waals surface area contributed by atoms with Crippen LogP contribution in [0.4, 0.5) is 16.0 Å². The van der Waals surface area contributed by atoms with Crippen molar-refractivity contribution in [3.63, 3.8) is 0 Å². The minimum absolute atomic E-state index is 0.0937. The molecule has 0 unspecified atom stereocenters. The molecule has 0 bridgehead atoms. The van der Waals surface area contributed by atoms with Gasteiger partial charge >= 0.3 is 5.82 Å². The average molecular weight is 372 g/mol. The van der Waals surface area contributed by atoms with Crippen molar-refractivity contribution >= 4 is 17.5 Å². The van der Waals surface area contributed by atoms with E-state index >= 15 is 0 Å². The van der Waals surface area contributed by atoms with E-state index in [1.54, 1.807) is 36.0 Å². The fourth-order valence-electron chi connectivity index (χ4n) is 2.56. The number of aryl methyl sites for hydroxylation is 2. The van der Waals surface area contributed by atoms with Crippen LogP contribution in [0.5, 0.6) is 0 Å². The lowest BCUT2D eigenvalue weighted by Gasteiger charge is -2.03. The van der Waals surface area contributed by atoms with Gasteiger partial charge in [0, 0.05) is 18.7 Å². The highest BCUT2D eigenvalue weighted by atomic mass is 19.1. The number of aromatic nitrogens is 4. The molecule has 0 fully saturated rings. The molecule has 3 rings (SSSR count). The first kappa shape index (κ1) is 18.2. The summed E-state index contributed by atoms with van der Waals surface area (Å²) in [7, 11) is 0. The molecular weight excluding hydrogens is 355 g/mol. The molecule has 10 heteroatoms. The molecule has 3 aromatic rings. The molecule has 0 aliphatic rings. The van der Waals surface area contributed by atoms with Crippen LogP contribution in [0.2, 0.25) is 0 Å². The summed E-state index contributed by atoms with van der Waals surface area (Å²) in [6.07, 6.45) is 1.78. The Morgan fingerprint density at radius 3 is 2.81 bits per heavy atom. The highest BCUT2D eigenvalue weighted by Gasteiger charge is 2.16. The smallest absolute Gasteiger partial charge is 0.358 e. The van der Waals surface area contributed by atoms with Gasteiger partial charge in [-0.05, 0) is 29.5 Å². The molecule has 27 heavy (non-hydrogen) atoms. The third-order valence-electron chi connectivity index (χ3n) is 3.85. The van der Waals surface area contributed by atoms with Crippen molar-refractivity contribution in [2.75, 3.05) is 5.32 Å². The molecule has 0 atom stereocenters. The Labute approximate surface area is 153 Å². The number of carbonyl (C=O) groups is 1. The van der Waals surface area contributed by atoms with Gasteiger partial charge in [-0.15, -0.1) is 0 Å². The van der Waals surface area contributed by atoms with Gasteiger partial charge < -0.3 is 15.4 Å². The zero-order valence-corrected chi connectivity index (χ0v) is 14.5. The summed E-state index contributed by atoms with van der Waals surface area (Å²) < 4.78 is 16.2. The second-order valence-corrected chi connectivity index (χ2v) is 5.95. The zero-order chi connectivity index (χ0) is 19.4. The molecular formula is C17H17FN6O3. The molecule has 0 aliphatic carbocycles. The highest BCUT2D eigenvalue weighted by Crippen LogP contribution is 2.12. The van der Waals surface area contributed by atoms with E-state index in [1.807, 2.05) is 0 Å². The number of amides is 1. The topological polar surface area (TPSA) is 108 Å². The number of hydrogen-bond acceptors (Lipinski definition) is 5. The Balaban J connectivity index is 1.54. The monoisotopic (exact) mass is 372 g/mol. The maximum absolute atomic E-state index is 13.2. The minimum Gasteiger partial charge on any atom is -0.358 e. The first-order valence-electron chi connectivity index (χ1n) is 8.17. The van der Waals surface area contributed by atoms with E-state index in [9.17, 15) is 19.3 Å². The molecule has 2 heterocycles. The van der Waals surface area contributed by atoms with E-state index in [0.29, 0.717) is 18.1 Å². The maximum atomic E-state index is 13.2. The van der Waals surface area contributed by atoms with Crippen LogP contribution in [-0.4, -0.2) is 30.4 Å². The van der Waals surface area contributed by atoms with Crippen molar-refractivity contribution in [1.82, 2.24) is 19.6 Å². The van der Waals surface area contributed by atoms with Gasteiger partial charge in [0.1, 0.15) is 5.82 Å². The fraction of sp³-hybridized carbons (Fsp3) is 0.235. The number of hydrogen-bond donors (Lipinski definition) is 1. The number of rotatable bonds is 7. The van der Waals surface area contributed by atoms with Crippen molar-refractivity contribution in [2.45, 2.75) is 26.4 Å². The molecule has 2 aromatic heterocycles. The fourth-order valence-corrected chi connectivity index (χ4v) is 2.56. The summed E-state index contributed by atoms with van der Waals surface area (Å²) in [5.41, 5.74) is 1.36. The molecule has 9 nitrogen and oxygen atoms in total. The number of nitro groups is 1. The Kier molecular flexibility index (Phi) is 5.25. The van der Waals surface area contributed by atoms with Crippen LogP contribution >= 0.6 is 0 Å². The largest absolute Gasteiger partial charge is 0.390 e. The third-order valence-corrected chi connectivity index (χ3v) is 3.85. The van der Waals surface area contributed by atoms with Gasteiger partial charge in [0.05, 0.1) is 29.9 Å². The first-order chi connectivity index (χ1) is 12.9. The van der Waals surface area contributed by atoms with E-state index in [-0.39, 0.29) is 30.5 Å². The Morgan fingerprint density at radius 2 is 2.11 bits per heavy atom. The third kappa shape index (κ3) is 4.75. The van der Waals surface area contributed by atoms with E-state index in [0.717, 1.165) is 5.56 Å². The van der Waals surface area contributed by atoms with E-state index < -0.39 is 4.92 Å². The Morgan fingerprint density at radius 1 is 1.30 bits per heavy atom. The standard InChI is InChI=1S/C17H17FN6O3/c1-12-9-16(24(26)27)21-23(12)8-6-17(25)19-15-5-7-22(20-15)11-13-3-2-4-14(18)10-13/h2-5,7,9-10H,6,8,11H2,1H3,(H,19,20,25). The number of halogens is 1. The second-order valence-electron chi connectivity index (χ2n) is 5.95. The summed E-state index contributed by atoms with van der Waals surface area (Å²) in [4.78, 5) is 22.2. The number of nitrogens with zero attached hydrogens (tertiary/aromatic N) is 5. The van der Waals surface area contributed by atoms with Crippen LogP contribution in [0.1, 0.15) is 17.7 Å². The lowest BCUT2D eigenvalue weighted by molar-refractivity contribution is -0.389. The van der Waals surface area contributed by atoms with Crippen molar-refractivity contribution in [1.29, 1.82) is 0 Å². The Hall–Kier alpha value is -3.56. The van der Waals surface area contributed by atoms with Crippen LogP contribution in [0, 0.1) is 22.9 Å². The molecule has 1 aromatic carbocycles. The zero-order valence-electron chi connectivity index (χ0n) is 14.5. The number of anilines is 1. The van der Waals surface area contributed by atoms with Gasteiger partial charge in [-0.2, -0.15) is 9.78 Å². The molecule has 0 aliphatic heterocycles. The molecule has 1 N–H and O–H groups in total. The molecule has 0 spiro atoms. The van der Waals surface area contributed by atoms with Gasteiger partial charge in [0.25, 0.3) is 0 Å². The molecule has 0 saturated carbocycles. The van der Waals surface area contributed by atoms with Gasteiger partial charge in [0.15, 0.2) is 5.82 Å². The lowest BCUT2D eigenvalue weighted by Crippen LogP contribution is -2.16. The predicted molar refractivity (Wildman–Crippen MR) is 94.6 cm³/mol. The van der Waals surface area contributed by atoms with Gasteiger partial charge in [0.2, 0.25) is 5.91 Å². The van der Waals surface area contributed by atoms with E-state index in [2.05, 4.69) is 15.5 Å². The maximum Gasteiger partial charge on any atom is 0.390 e. The summed E-state index contributed by atoms with van der Waals surface area (Å²) >= 11 is 0. The molecule has 0 radical (unpaired) electrons. The summed E-state index contributed by atoms with van der Waals surface area (Å²) in [6.45, 7) is 2.28. The number of carbonyl (C=O) groups excluding carboxylic acids is 1. The van der Waals surface area contributed by atoms with E-state index in [1.165, 1.54) is 22.9 Å². The molecule has 0 saturated heterocycles. The Bertz CT molecular complexity index is 981. The minimum atomic E-state index is -0.575. The molecule has 140 valence electrons. The van der Waals surface area contributed by atoms with Crippen molar-refractivity contribution < 1.29 is 14.1 Å². The first-order valence-corrected chi connectivity index (χ1v) is 8.17. The van der Waals surface area contributed by atoms with Crippen molar-refractivity contribution in [2.24, 2.45) is 0 Å².